The number of carbonyl (C=O) groups is 1. The molecule has 23 heavy (non-hydrogen) atoms. The van der Waals surface area contributed by atoms with E-state index in [0.717, 1.165) is 22.0 Å². The average molecular weight is 308 g/mol. The summed E-state index contributed by atoms with van der Waals surface area (Å²) in [6.45, 7) is 0.447. The first kappa shape index (κ1) is 15.0. The Bertz CT molecular complexity index is 832. The maximum atomic E-state index is 13.1. The maximum absolute atomic E-state index is 13.1. The maximum Gasteiger partial charge on any atom is 0.319 e. The van der Waals surface area contributed by atoms with Crippen molar-refractivity contribution in [3.05, 3.63) is 78.1 Å². The molecule has 0 saturated heterocycles. The van der Waals surface area contributed by atoms with E-state index in [4.69, 9.17) is 0 Å². The van der Waals surface area contributed by atoms with E-state index in [-0.39, 0.29) is 11.8 Å². The minimum absolute atomic E-state index is 0.261. The Morgan fingerprint density at radius 1 is 0.913 bits per heavy atom. The minimum Gasteiger partial charge on any atom is -0.338 e. The number of anilines is 1. The SMILES string of the molecule is O=C(NCCc1cccc(F)c1)Nc1ccc2ccccc2c1. The number of hydrogen-bond donors (Lipinski definition) is 2. The summed E-state index contributed by atoms with van der Waals surface area (Å²) in [5.74, 6) is -0.261. The fourth-order valence-corrected chi connectivity index (χ4v) is 2.46. The quantitative estimate of drug-likeness (QED) is 0.739. The minimum atomic E-state index is -0.267. The van der Waals surface area contributed by atoms with Gasteiger partial charge in [0, 0.05) is 12.2 Å². The number of nitrogens with one attached hydrogen (secondary N) is 2. The first-order valence-electron chi connectivity index (χ1n) is 7.49. The summed E-state index contributed by atoms with van der Waals surface area (Å²) in [4.78, 5) is 11.9. The highest BCUT2D eigenvalue weighted by Crippen LogP contribution is 2.18. The van der Waals surface area contributed by atoms with E-state index in [0.29, 0.717) is 13.0 Å². The molecule has 0 heterocycles. The predicted molar refractivity (Wildman–Crippen MR) is 91.1 cm³/mol. The van der Waals surface area contributed by atoms with Gasteiger partial charge in [0.05, 0.1) is 0 Å². The largest absolute Gasteiger partial charge is 0.338 e. The second-order valence-electron chi connectivity index (χ2n) is 5.32. The van der Waals surface area contributed by atoms with Crippen LogP contribution in [0, 0.1) is 5.82 Å². The van der Waals surface area contributed by atoms with E-state index in [1.54, 1.807) is 6.07 Å². The van der Waals surface area contributed by atoms with Gasteiger partial charge in [-0.25, -0.2) is 9.18 Å². The molecule has 0 aliphatic heterocycles. The molecule has 3 aromatic carbocycles. The molecule has 0 atom stereocenters. The molecule has 3 rings (SSSR count). The van der Waals surface area contributed by atoms with Crippen LogP contribution >= 0.6 is 0 Å². The number of benzene rings is 3. The van der Waals surface area contributed by atoms with Crippen molar-refractivity contribution in [1.29, 1.82) is 0 Å². The molecule has 0 saturated carbocycles. The van der Waals surface area contributed by atoms with Crippen molar-refractivity contribution in [1.82, 2.24) is 5.32 Å². The summed E-state index contributed by atoms with van der Waals surface area (Å²) < 4.78 is 13.1. The molecule has 3 aromatic rings. The van der Waals surface area contributed by atoms with E-state index < -0.39 is 0 Å². The molecule has 3 nitrogen and oxygen atoms in total. The molecule has 0 bridgehead atoms. The van der Waals surface area contributed by atoms with E-state index >= 15 is 0 Å². The third-order valence-corrected chi connectivity index (χ3v) is 3.60. The van der Waals surface area contributed by atoms with Crippen molar-refractivity contribution < 1.29 is 9.18 Å². The first-order valence-corrected chi connectivity index (χ1v) is 7.49. The Morgan fingerprint density at radius 3 is 2.57 bits per heavy atom. The molecule has 0 aliphatic rings. The summed E-state index contributed by atoms with van der Waals surface area (Å²) in [6, 6.07) is 19.9. The lowest BCUT2D eigenvalue weighted by Crippen LogP contribution is -2.30. The zero-order chi connectivity index (χ0) is 16.1. The van der Waals surface area contributed by atoms with Gasteiger partial charge in [-0.1, -0.05) is 42.5 Å². The Labute approximate surface area is 134 Å². The summed E-state index contributed by atoms with van der Waals surface area (Å²) in [5, 5.41) is 7.79. The summed E-state index contributed by atoms with van der Waals surface area (Å²) in [6.07, 6.45) is 0.586. The standard InChI is InChI=1S/C19H17FN2O/c20-17-7-3-4-14(12-17)10-11-21-19(23)22-18-9-8-15-5-1-2-6-16(15)13-18/h1-9,12-13H,10-11H2,(H2,21,22,23). The van der Waals surface area contributed by atoms with Gasteiger partial charge in [-0.3, -0.25) is 0 Å². The van der Waals surface area contributed by atoms with Gasteiger partial charge in [0.2, 0.25) is 0 Å². The molecule has 4 heteroatoms. The van der Waals surface area contributed by atoms with Crippen molar-refractivity contribution >= 4 is 22.5 Å². The Kier molecular flexibility index (Phi) is 4.52. The van der Waals surface area contributed by atoms with Crippen LogP contribution in [0.3, 0.4) is 0 Å². The van der Waals surface area contributed by atoms with Crippen molar-refractivity contribution in [2.75, 3.05) is 11.9 Å². The number of rotatable bonds is 4. The fourth-order valence-electron chi connectivity index (χ4n) is 2.46. The van der Waals surface area contributed by atoms with E-state index in [1.165, 1.54) is 12.1 Å². The second kappa shape index (κ2) is 6.92. The van der Waals surface area contributed by atoms with Gasteiger partial charge < -0.3 is 10.6 Å². The normalized spacial score (nSPS) is 10.5. The summed E-state index contributed by atoms with van der Waals surface area (Å²) in [5.41, 5.74) is 1.60. The van der Waals surface area contributed by atoms with Gasteiger partial charge in [-0.05, 0) is 47.0 Å². The van der Waals surface area contributed by atoms with Crippen LogP contribution < -0.4 is 10.6 Å². The Balaban J connectivity index is 1.54. The number of carbonyl (C=O) groups excluding carboxylic acids is 1. The van der Waals surface area contributed by atoms with Crippen molar-refractivity contribution in [3.63, 3.8) is 0 Å². The molecule has 2 amide bonds. The lowest BCUT2D eigenvalue weighted by molar-refractivity contribution is 0.252. The molecule has 0 fully saturated rings. The van der Waals surface area contributed by atoms with E-state index in [2.05, 4.69) is 10.6 Å². The topological polar surface area (TPSA) is 41.1 Å². The Morgan fingerprint density at radius 2 is 1.74 bits per heavy atom. The molecule has 0 aromatic heterocycles. The monoisotopic (exact) mass is 308 g/mol. The lowest BCUT2D eigenvalue weighted by atomic mass is 10.1. The zero-order valence-corrected chi connectivity index (χ0v) is 12.6. The Hall–Kier alpha value is -2.88. The molecule has 0 aliphatic carbocycles. The molecular weight excluding hydrogens is 291 g/mol. The van der Waals surface area contributed by atoms with Crippen molar-refractivity contribution in [2.24, 2.45) is 0 Å². The van der Waals surface area contributed by atoms with E-state index in [9.17, 15) is 9.18 Å². The molecule has 0 spiro atoms. The summed E-state index contributed by atoms with van der Waals surface area (Å²) in [7, 11) is 0. The van der Waals surface area contributed by atoms with Crippen molar-refractivity contribution in [3.8, 4) is 0 Å². The number of urea groups is 1. The predicted octanol–water partition coefficient (Wildman–Crippen LogP) is 4.34. The molecule has 0 unspecified atom stereocenters. The van der Waals surface area contributed by atoms with Crippen LogP contribution in [0.1, 0.15) is 5.56 Å². The van der Waals surface area contributed by atoms with Gasteiger partial charge in [-0.15, -0.1) is 0 Å². The third-order valence-electron chi connectivity index (χ3n) is 3.60. The second-order valence-corrected chi connectivity index (χ2v) is 5.32. The van der Waals surface area contributed by atoms with Gasteiger partial charge in [0.15, 0.2) is 0 Å². The van der Waals surface area contributed by atoms with Gasteiger partial charge in [0.25, 0.3) is 0 Å². The van der Waals surface area contributed by atoms with Crippen molar-refractivity contribution in [2.45, 2.75) is 6.42 Å². The van der Waals surface area contributed by atoms with Gasteiger partial charge in [0.1, 0.15) is 5.82 Å². The van der Waals surface area contributed by atoms with E-state index in [1.807, 2.05) is 48.5 Å². The van der Waals surface area contributed by atoms with Crippen LogP contribution in [-0.4, -0.2) is 12.6 Å². The fraction of sp³-hybridized carbons (Fsp3) is 0.105. The van der Waals surface area contributed by atoms with Crippen LogP contribution in [0.25, 0.3) is 10.8 Å². The molecule has 116 valence electrons. The van der Waals surface area contributed by atoms with Gasteiger partial charge >= 0.3 is 6.03 Å². The number of amides is 2. The lowest BCUT2D eigenvalue weighted by Gasteiger charge is -2.08. The number of fused-ring (bicyclic) bond motifs is 1. The summed E-state index contributed by atoms with van der Waals surface area (Å²) >= 11 is 0. The van der Waals surface area contributed by atoms with Crippen LogP contribution in [0.4, 0.5) is 14.9 Å². The van der Waals surface area contributed by atoms with Gasteiger partial charge in [-0.2, -0.15) is 0 Å². The van der Waals surface area contributed by atoms with Crippen LogP contribution in [0.5, 0.6) is 0 Å². The molecular formula is C19H17FN2O. The van der Waals surface area contributed by atoms with Crippen LogP contribution in [-0.2, 0) is 6.42 Å². The molecule has 0 radical (unpaired) electrons. The van der Waals surface area contributed by atoms with Crippen LogP contribution in [0.15, 0.2) is 66.7 Å². The highest BCUT2D eigenvalue weighted by Gasteiger charge is 2.03. The number of hydrogen-bond acceptors (Lipinski definition) is 1. The molecule has 2 N–H and O–H groups in total. The smallest absolute Gasteiger partial charge is 0.319 e. The third kappa shape index (κ3) is 4.07. The number of halogens is 1. The first-order chi connectivity index (χ1) is 11.2. The highest BCUT2D eigenvalue weighted by molar-refractivity contribution is 5.93. The average Bonchev–Trinajstić information content (AvgIpc) is 2.55. The highest BCUT2D eigenvalue weighted by atomic mass is 19.1. The van der Waals surface area contributed by atoms with Crippen LogP contribution in [0.2, 0.25) is 0 Å². The zero-order valence-electron chi connectivity index (χ0n) is 12.6.